The lowest BCUT2D eigenvalue weighted by atomic mass is 10.0. The number of non-ortho nitro benzene ring substituents is 1. The minimum absolute atomic E-state index is 0.00769. The number of nitro groups is 1. The number of anilines is 1. The van der Waals surface area contributed by atoms with Crippen molar-refractivity contribution in [2.75, 3.05) is 18.4 Å². The van der Waals surface area contributed by atoms with Crippen LogP contribution in [0.15, 0.2) is 41.3 Å². The second-order valence-corrected chi connectivity index (χ2v) is 8.55. The van der Waals surface area contributed by atoms with E-state index in [1.54, 1.807) is 6.07 Å². The second kappa shape index (κ2) is 9.52. The Morgan fingerprint density at radius 3 is 2.62 bits per heavy atom. The van der Waals surface area contributed by atoms with Gasteiger partial charge in [0.1, 0.15) is 0 Å². The molecule has 1 unspecified atom stereocenters. The molecule has 3 aromatic rings. The van der Waals surface area contributed by atoms with Crippen molar-refractivity contribution >= 4 is 33.9 Å². The first-order valence-corrected chi connectivity index (χ1v) is 11.0. The van der Waals surface area contributed by atoms with Gasteiger partial charge in [-0.3, -0.25) is 19.9 Å². The number of halogens is 3. The summed E-state index contributed by atoms with van der Waals surface area (Å²) in [6, 6.07) is 3.01. The van der Waals surface area contributed by atoms with Crippen LogP contribution in [0, 0.1) is 10.1 Å². The number of nitrogens with one attached hydrogen (secondary N) is 1. The number of alkyl halides is 3. The van der Waals surface area contributed by atoms with Gasteiger partial charge < -0.3 is 15.3 Å². The number of fused-ring (bicyclic) bond motifs is 1. The average molecular weight is 518 g/mol. The number of hydrogen-bond acceptors (Lipinski definition) is 7. The van der Waals surface area contributed by atoms with Crippen molar-refractivity contribution in [3.8, 4) is 0 Å². The molecule has 4 rings (SSSR count). The molecule has 3 heterocycles. The number of amides is 1. The number of carbonyl (C=O) groups is 1. The van der Waals surface area contributed by atoms with E-state index in [0.29, 0.717) is 35.7 Å². The van der Waals surface area contributed by atoms with Gasteiger partial charge in [-0.2, -0.15) is 18.3 Å². The summed E-state index contributed by atoms with van der Waals surface area (Å²) in [5.41, 5.74) is -1.31. The fourth-order valence-electron chi connectivity index (χ4n) is 4.06. The predicted octanol–water partition coefficient (Wildman–Crippen LogP) is 4.20. The van der Waals surface area contributed by atoms with Crippen molar-refractivity contribution in [3.63, 3.8) is 0 Å². The maximum atomic E-state index is 13.4. The number of hydrogen-bond donors (Lipinski definition) is 2. The predicted molar refractivity (Wildman–Crippen MR) is 127 cm³/mol. The Hall–Kier alpha value is -4.49. The van der Waals surface area contributed by atoms with Crippen LogP contribution < -0.4 is 10.9 Å². The highest BCUT2D eigenvalue weighted by atomic mass is 19.4. The van der Waals surface area contributed by atoms with E-state index in [1.165, 1.54) is 25.1 Å². The van der Waals surface area contributed by atoms with Crippen molar-refractivity contribution in [2.24, 2.45) is 7.05 Å². The van der Waals surface area contributed by atoms with Gasteiger partial charge in [0, 0.05) is 37.3 Å². The molecule has 14 heteroatoms. The molecule has 0 saturated carbocycles. The molecule has 0 bridgehead atoms. The molecule has 2 aromatic heterocycles. The van der Waals surface area contributed by atoms with Crippen LogP contribution in [0.1, 0.15) is 36.2 Å². The molecule has 1 aliphatic heterocycles. The summed E-state index contributed by atoms with van der Waals surface area (Å²) in [5, 5.41) is 28.2. The van der Waals surface area contributed by atoms with Crippen molar-refractivity contribution in [3.05, 3.63) is 73.8 Å². The number of pyridine rings is 1. The molecule has 0 aliphatic carbocycles. The van der Waals surface area contributed by atoms with Gasteiger partial charge in [0.2, 0.25) is 0 Å². The highest BCUT2D eigenvalue weighted by Crippen LogP contribution is 2.35. The summed E-state index contributed by atoms with van der Waals surface area (Å²) in [6.07, 6.45) is -2.21. The van der Waals surface area contributed by atoms with E-state index in [-0.39, 0.29) is 23.3 Å². The van der Waals surface area contributed by atoms with Gasteiger partial charge in [0.15, 0.2) is 5.82 Å². The number of carboxylic acid groups (broad SMARTS) is 1. The van der Waals surface area contributed by atoms with Gasteiger partial charge >= 0.3 is 12.3 Å². The highest BCUT2D eigenvalue weighted by molar-refractivity contribution is 5.92. The first kappa shape index (κ1) is 25.6. The Kier molecular flexibility index (Phi) is 6.59. The summed E-state index contributed by atoms with van der Waals surface area (Å²) < 4.78 is 41.1. The molecule has 11 nitrogen and oxygen atoms in total. The van der Waals surface area contributed by atoms with E-state index < -0.39 is 40.0 Å². The van der Waals surface area contributed by atoms with Crippen LogP contribution in [-0.4, -0.2) is 48.9 Å². The van der Waals surface area contributed by atoms with Crippen molar-refractivity contribution < 1.29 is 28.0 Å². The summed E-state index contributed by atoms with van der Waals surface area (Å²) in [7, 11) is 1.40. The van der Waals surface area contributed by atoms with Gasteiger partial charge in [0.05, 0.1) is 34.2 Å². The number of aromatic nitrogens is 3. The minimum Gasteiger partial charge on any atom is -0.465 e. The molecule has 0 saturated heterocycles. The topological polar surface area (TPSA) is 143 Å². The molecule has 1 aromatic carbocycles. The third-order valence-corrected chi connectivity index (χ3v) is 6.02. The molecule has 0 radical (unpaired) electrons. The molecule has 1 atom stereocenters. The van der Waals surface area contributed by atoms with E-state index in [2.05, 4.69) is 15.4 Å². The monoisotopic (exact) mass is 518 g/mol. The number of benzene rings is 1. The Labute approximate surface area is 207 Å². The van der Waals surface area contributed by atoms with Gasteiger partial charge in [-0.25, -0.2) is 9.48 Å². The lowest BCUT2D eigenvalue weighted by Gasteiger charge is -2.24. The Morgan fingerprint density at radius 2 is 1.97 bits per heavy atom. The molecular formula is C23H21F3N6O5. The van der Waals surface area contributed by atoms with Crippen molar-refractivity contribution in [1.82, 2.24) is 19.7 Å². The Balaban J connectivity index is 1.77. The summed E-state index contributed by atoms with van der Waals surface area (Å²) in [4.78, 5) is 39.9. The Bertz CT molecular complexity index is 1500. The lowest BCUT2D eigenvalue weighted by Crippen LogP contribution is -2.34. The molecule has 0 fully saturated rings. The van der Waals surface area contributed by atoms with Crippen molar-refractivity contribution in [1.29, 1.82) is 0 Å². The van der Waals surface area contributed by atoms with E-state index in [4.69, 9.17) is 0 Å². The number of aryl methyl sites for hydroxylation is 1. The number of nitrogens with zero attached hydrogens (tertiary/aromatic N) is 5. The quantitative estimate of drug-likeness (QED) is 0.378. The third kappa shape index (κ3) is 5.22. The first-order valence-electron chi connectivity index (χ1n) is 11.0. The molecule has 1 aliphatic rings. The highest BCUT2D eigenvalue weighted by Gasteiger charge is 2.33. The molecule has 2 N–H and O–H groups in total. The largest absolute Gasteiger partial charge is 0.465 e. The Morgan fingerprint density at radius 1 is 1.24 bits per heavy atom. The standard InChI is InChI=1S/C23H21F3N6O5/c1-12(14-6-15(23(24,25)26)8-16(7-14)32(36)37)28-20-17-9-19(13-4-3-5-31(11-13)22(34)35)27-10-18(17)21(33)30(2)29-20/h4,6-10,12H,3,5,11H2,1-2H3,(H,28,29)(H,34,35). The third-order valence-electron chi connectivity index (χ3n) is 6.02. The summed E-state index contributed by atoms with van der Waals surface area (Å²) in [5.74, 6) is 0.139. The zero-order chi connectivity index (χ0) is 27.1. The molecular weight excluding hydrogens is 497 g/mol. The van der Waals surface area contributed by atoms with E-state index in [9.17, 15) is 38.0 Å². The fraction of sp³-hybridized carbons (Fsp3) is 0.304. The lowest BCUT2D eigenvalue weighted by molar-refractivity contribution is -0.385. The van der Waals surface area contributed by atoms with Crippen LogP contribution in [0.2, 0.25) is 0 Å². The van der Waals surface area contributed by atoms with Gasteiger partial charge in [0.25, 0.3) is 11.2 Å². The molecule has 0 spiro atoms. The molecule has 37 heavy (non-hydrogen) atoms. The second-order valence-electron chi connectivity index (χ2n) is 8.55. The van der Waals surface area contributed by atoms with Crippen LogP contribution in [-0.2, 0) is 13.2 Å². The van der Waals surface area contributed by atoms with Crippen LogP contribution in [0.3, 0.4) is 0 Å². The fourth-order valence-corrected chi connectivity index (χ4v) is 4.06. The van der Waals surface area contributed by atoms with Gasteiger partial charge in [-0.15, -0.1) is 0 Å². The van der Waals surface area contributed by atoms with Gasteiger partial charge in [-0.05, 0) is 36.6 Å². The normalized spacial score (nSPS) is 14.8. The van der Waals surface area contributed by atoms with E-state index in [1.807, 2.05) is 6.08 Å². The van der Waals surface area contributed by atoms with E-state index in [0.717, 1.165) is 16.8 Å². The zero-order valence-corrected chi connectivity index (χ0v) is 19.6. The van der Waals surface area contributed by atoms with Crippen LogP contribution in [0.5, 0.6) is 0 Å². The van der Waals surface area contributed by atoms with Crippen LogP contribution >= 0.6 is 0 Å². The van der Waals surface area contributed by atoms with Crippen LogP contribution in [0.25, 0.3) is 16.3 Å². The summed E-state index contributed by atoms with van der Waals surface area (Å²) >= 11 is 0. The summed E-state index contributed by atoms with van der Waals surface area (Å²) in [6.45, 7) is 1.94. The van der Waals surface area contributed by atoms with E-state index >= 15 is 0 Å². The SMILES string of the molecule is CC(Nc1nn(C)c(=O)c2cnc(C3=CCCN(C(=O)O)C3)cc12)c1cc([N+](=O)[O-])cc(C(F)(F)F)c1. The zero-order valence-electron chi connectivity index (χ0n) is 19.6. The maximum Gasteiger partial charge on any atom is 0.416 e. The maximum absolute atomic E-state index is 13.4. The van der Waals surface area contributed by atoms with Gasteiger partial charge in [-0.1, -0.05) is 6.08 Å². The molecule has 1 amide bonds. The first-order chi connectivity index (χ1) is 17.3. The molecule has 194 valence electrons. The van der Waals surface area contributed by atoms with Crippen LogP contribution in [0.4, 0.5) is 29.5 Å². The minimum atomic E-state index is -4.79. The van der Waals surface area contributed by atoms with Crippen molar-refractivity contribution in [2.45, 2.75) is 25.6 Å². The average Bonchev–Trinajstić information content (AvgIpc) is 2.86. The number of nitro benzene ring substituents is 1. The smallest absolute Gasteiger partial charge is 0.416 e. The number of rotatable bonds is 5.